The van der Waals surface area contributed by atoms with Crippen molar-refractivity contribution in [2.75, 3.05) is 26.2 Å². The Morgan fingerprint density at radius 1 is 1.22 bits per heavy atom. The summed E-state index contributed by atoms with van der Waals surface area (Å²) < 4.78 is 39.7. The van der Waals surface area contributed by atoms with Crippen LogP contribution in [0.1, 0.15) is 17.2 Å². The third-order valence-electron chi connectivity index (χ3n) is 3.31. The molecule has 1 aromatic carbocycles. The first-order chi connectivity index (χ1) is 8.59. The highest BCUT2D eigenvalue weighted by Crippen LogP contribution is 2.28. The first-order valence-electron chi connectivity index (χ1n) is 6.08. The van der Waals surface area contributed by atoms with Crippen LogP contribution in [0.4, 0.5) is 13.2 Å². The minimum absolute atomic E-state index is 0.355. The van der Waals surface area contributed by atoms with Crippen molar-refractivity contribution in [3.05, 3.63) is 35.1 Å². The van der Waals surface area contributed by atoms with Crippen LogP contribution >= 0.6 is 0 Å². The molecule has 2 nitrogen and oxygen atoms in total. The summed E-state index contributed by atoms with van der Waals surface area (Å²) in [6.07, 6.45) is -2.46. The lowest BCUT2D eigenvalue weighted by Gasteiger charge is -2.34. The Labute approximate surface area is 105 Å². The maximum absolute atomic E-state index is 13.2. The van der Waals surface area contributed by atoms with E-state index in [4.69, 9.17) is 0 Å². The fourth-order valence-corrected chi connectivity index (χ4v) is 2.33. The van der Waals surface area contributed by atoms with Gasteiger partial charge in [0, 0.05) is 26.2 Å². The third-order valence-corrected chi connectivity index (χ3v) is 3.31. The zero-order chi connectivity index (χ0) is 13.1. The van der Waals surface area contributed by atoms with Gasteiger partial charge in [-0.15, -0.1) is 0 Å². The minimum atomic E-state index is -2.46. The van der Waals surface area contributed by atoms with E-state index in [1.807, 2.05) is 0 Å². The van der Waals surface area contributed by atoms with Gasteiger partial charge in [-0.25, -0.2) is 13.2 Å². The lowest BCUT2D eigenvalue weighted by molar-refractivity contribution is 0.0181. The number of benzene rings is 1. The summed E-state index contributed by atoms with van der Waals surface area (Å²) in [4.78, 5) is 1.76. The lowest BCUT2D eigenvalue weighted by atomic mass is 10.0. The van der Waals surface area contributed by atoms with Crippen molar-refractivity contribution < 1.29 is 13.2 Å². The summed E-state index contributed by atoms with van der Waals surface area (Å²) in [5.41, 5.74) is 0.902. The fourth-order valence-electron chi connectivity index (χ4n) is 2.33. The van der Waals surface area contributed by atoms with Gasteiger partial charge >= 0.3 is 0 Å². The molecule has 100 valence electrons. The van der Waals surface area contributed by atoms with Gasteiger partial charge in [0.2, 0.25) is 0 Å². The summed E-state index contributed by atoms with van der Waals surface area (Å²) >= 11 is 0. The number of hydrogen-bond acceptors (Lipinski definition) is 2. The summed E-state index contributed by atoms with van der Waals surface area (Å²) in [5.74, 6) is -0.355. The molecule has 0 aliphatic carbocycles. The van der Waals surface area contributed by atoms with Crippen LogP contribution in [0.15, 0.2) is 18.2 Å². The number of alkyl halides is 2. The van der Waals surface area contributed by atoms with E-state index in [9.17, 15) is 13.2 Å². The normalized spacial score (nSPS) is 19.2. The van der Waals surface area contributed by atoms with Crippen molar-refractivity contribution in [3.63, 3.8) is 0 Å². The monoisotopic (exact) mass is 258 g/mol. The van der Waals surface area contributed by atoms with E-state index in [1.54, 1.807) is 11.8 Å². The number of nitrogens with zero attached hydrogens (tertiary/aromatic N) is 1. The first-order valence-corrected chi connectivity index (χ1v) is 6.08. The van der Waals surface area contributed by atoms with E-state index in [1.165, 1.54) is 18.2 Å². The van der Waals surface area contributed by atoms with Gasteiger partial charge in [0.1, 0.15) is 5.82 Å². The van der Waals surface area contributed by atoms with E-state index >= 15 is 0 Å². The molecule has 1 fully saturated rings. The average molecular weight is 258 g/mol. The molecule has 1 aliphatic rings. The van der Waals surface area contributed by atoms with Crippen molar-refractivity contribution in [2.24, 2.45) is 0 Å². The van der Waals surface area contributed by atoms with Gasteiger partial charge < -0.3 is 5.32 Å². The minimum Gasteiger partial charge on any atom is -0.314 e. The van der Waals surface area contributed by atoms with Crippen LogP contribution in [0.5, 0.6) is 0 Å². The number of hydrogen-bond donors (Lipinski definition) is 1. The van der Waals surface area contributed by atoms with Crippen LogP contribution in [-0.4, -0.2) is 37.5 Å². The molecule has 0 amide bonds. The molecule has 0 spiro atoms. The predicted molar refractivity (Wildman–Crippen MR) is 64.3 cm³/mol. The summed E-state index contributed by atoms with van der Waals surface area (Å²) in [6.45, 7) is 4.20. The van der Waals surface area contributed by atoms with Gasteiger partial charge in [-0.2, -0.15) is 0 Å². The second-order valence-electron chi connectivity index (χ2n) is 4.57. The molecule has 1 saturated heterocycles. The Bertz CT molecular complexity index is 403. The van der Waals surface area contributed by atoms with Gasteiger partial charge in [-0.05, 0) is 24.1 Å². The maximum atomic E-state index is 13.2. The zero-order valence-corrected chi connectivity index (χ0v) is 10.3. The van der Waals surface area contributed by atoms with Crippen LogP contribution in [0.25, 0.3) is 0 Å². The number of rotatable bonds is 3. The summed E-state index contributed by atoms with van der Waals surface area (Å²) in [7, 11) is 0. The van der Waals surface area contributed by atoms with Gasteiger partial charge in [-0.3, -0.25) is 4.90 Å². The van der Waals surface area contributed by atoms with Crippen molar-refractivity contribution in [2.45, 2.75) is 19.4 Å². The van der Waals surface area contributed by atoms with Crippen LogP contribution < -0.4 is 5.32 Å². The quantitative estimate of drug-likeness (QED) is 0.895. The van der Waals surface area contributed by atoms with Crippen molar-refractivity contribution in [1.82, 2.24) is 10.2 Å². The summed E-state index contributed by atoms with van der Waals surface area (Å²) in [5, 5.41) is 3.13. The number of halogens is 3. The molecule has 0 aromatic heterocycles. The molecule has 0 saturated carbocycles. The molecule has 1 heterocycles. The molecule has 5 heteroatoms. The summed E-state index contributed by atoms with van der Waals surface area (Å²) in [6, 6.07) is 3.31. The number of aryl methyl sites for hydroxylation is 1. The average Bonchev–Trinajstić information content (AvgIpc) is 2.35. The van der Waals surface area contributed by atoms with Crippen LogP contribution in [0.3, 0.4) is 0 Å². The molecule has 1 aliphatic heterocycles. The molecule has 18 heavy (non-hydrogen) atoms. The van der Waals surface area contributed by atoms with Crippen LogP contribution in [0.2, 0.25) is 0 Å². The van der Waals surface area contributed by atoms with E-state index < -0.39 is 12.5 Å². The number of piperazine rings is 1. The zero-order valence-electron chi connectivity index (χ0n) is 10.3. The van der Waals surface area contributed by atoms with Gasteiger partial charge in [0.05, 0.1) is 6.04 Å². The van der Waals surface area contributed by atoms with Crippen molar-refractivity contribution in [3.8, 4) is 0 Å². The van der Waals surface area contributed by atoms with Gasteiger partial charge in [0.15, 0.2) is 0 Å². The Morgan fingerprint density at radius 2 is 1.89 bits per heavy atom. The fraction of sp³-hybridized carbons (Fsp3) is 0.538. The second kappa shape index (κ2) is 5.71. The molecule has 1 N–H and O–H groups in total. The Balaban J connectivity index is 2.25. The second-order valence-corrected chi connectivity index (χ2v) is 4.57. The van der Waals surface area contributed by atoms with Gasteiger partial charge in [0.25, 0.3) is 6.43 Å². The molecular formula is C13H17F3N2. The highest BCUT2D eigenvalue weighted by atomic mass is 19.3. The Morgan fingerprint density at radius 3 is 2.44 bits per heavy atom. The topological polar surface area (TPSA) is 15.3 Å². The van der Waals surface area contributed by atoms with Crippen molar-refractivity contribution >= 4 is 0 Å². The molecule has 0 unspecified atom stereocenters. The first kappa shape index (κ1) is 13.4. The van der Waals surface area contributed by atoms with Crippen molar-refractivity contribution in [1.29, 1.82) is 0 Å². The Hall–Kier alpha value is -1.07. The molecule has 2 rings (SSSR count). The third kappa shape index (κ3) is 2.84. The smallest absolute Gasteiger partial charge is 0.258 e. The lowest BCUT2D eigenvalue weighted by Crippen LogP contribution is -2.46. The molecule has 0 radical (unpaired) electrons. The standard InChI is InChI=1S/C13H17F3N2/c1-9-8-10(2-3-11(9)14)12(13(15)16)18-6-4-17-5-7-18/h2-3,8,12-13,17H,4-7H2,1H3/t12-/m0/s1. The SMILES string of the molecule is Cc1cc([C@@H](C(F)F)N2CCNCC2)ccc1F. The van der Waals surface area contributed by atoms with E-state index in [0.717, 1.165) is 0 Å². The molecule has 0 bridgehead atoms. The van der Waals surface area contributed by atoms with Gasteiger partial charge in [-0.1, -0.05) is 12.1 Å². The molecular weight excluding hydrogens is 241 g/mol. The van der Waals surface area contributed by atoms with Crippen LogP contribution in [-0.2, 0) is 0 Å². The van der Waals surface area contributed by atoms with E-state index in [0.29, 0.717) is 37.3 Å². The maximum Gasteiger partial charge on any atom is 0.258 e. The largest absolute Gasteiger partial charge is 0.314 e. The molecule has 1 atom stereocenters. The number of nitrogens with one attached hydrogen (secondary N) is 1. The molecule has 1 aromatic rings. The van der Waals surface area contributed by atoms with E-state index in [-0.39, 0.29) is 5.82 Å². The highest BCUT2D eigenvalue weighted by Gasteiger charge is 2.30. The highest BCUT2D eigenvalue weighted by molar-refractivity contribution is 5.27. The predicted octanol–water partition coefficient (Wildman–Crippen LogP) is 2.35. The van der Waals surface area contributed by atoms with E-state index in [2.05, 4.69) is 5.32 Å². The van der Waals surface area contributed by atoms with Crippen LogP contribution in [0, 0.1) is 12.7 Å². The Kier molecular flexibility index (Phi) is 4.24.